The Morgan fingerprint density at radius 2 is 2.25 bits per heavy atom. The maximum atomic E-state index is 10.9. The van der Waals surface area contributed by atoms with Crippen LogP contribution in [-0.2, 0) is 4.79 Å². The van der Waals surface area contributed by atoms with Gasteiger partial charge in [0.25, 0.3) is 0 Å². The van der Waals surface area contributed by atoms with Gasteiger partial charge in [-0.1, -0.05) is 40.7 Å². The fourth-order valence-electron chi connectivity index (χ4n) is 0.727. The molecule has 1 nitrogen and oxygen atoms in total. The smallest absolute Gasteiger partial charge is 0.211 e. The van der Waals surface area contributed by atoms with E-state index in [1.54, 1.807) is 6.08 Å². The largest absolute Gasteiger partial charge is 0.282 e. The molecule has 0 aromatic rings. The van der Waals surface area contributed by atoms with Crippen LogP contribution >= 0.6 is 27.7 Å². The highest BCUT2D eigenvalue weighted by Crippen LogP contribution is 2.04. The summed E-state index contributed by atoms with van der Waals surface area (Å²) in [5, 5.41) is 1.23. The van der Waals surface area contributed by atoms with E-state index in [9.17, 15) is 4.79 Å². The monoisotopic (exact) mass is 250 g/mol. The van der Waals surface area contributed by atoms with Gasteiger partial charge in [0, 0.05) is 5.33 Å². The standard InChI is InChI=1S/C9H15BrOS/c1-2-12-9(11)7-5-3-4-6-8-10/h5,7H,2-4,6,8H2,1H3/b7-5+. The second-order valence-corrected chi connectivity index (χ2v) is 4.40. The minimum atomic E-state index is 0.177. The molecule has 70 valence electrons. The molecule has 0 spiro atoms. The van der Waals surface area contributed by atoms with Gasteiger partial charge < -0.3 is 0 Å². The van der Waals surface area contributed by atoms with Crippen molar-refractivity contribution in [2.24, 2.45) is 0 Å². The summed E-state index contributed by atoms with van der Waals surface area (Å²) in [6.45, 7) is 1.99. The zero-order valence-electron chi connectivity index (χ0n) is 7.38. The average Bonchev–Trinajstić information content (AvgIpc) is 2.05. The Kier molecular flexibility index (Phi) is 9.52. The van der Waals surface area contributed by atoms with Crippen LogP contribution in [0.1, 0.15) is 26.2 Å². The van der Waals surface area contributed by atoms with E-state index in [0.717, 1.165) is 23.9 Å². The maximum Gasteiger partial charge on any atom is 0.211 e. The molecule has 0 heterocycles. The zero-order valence-corrected chi connectivity index (χ0v) is 9.79. The SMILES string of the molecule is CCSC(=O)/C=C/CCCCBr. The molecule has 0 aliphatic carbocycles. The summed E-state index contributed by atoms with van der Waals surface area (Å²) in [5.74, 6) is 0.866. The number of hydrogen-bond donors (Lipinski definition) is 0. The second-order valence-electron chi connectivity index (χ2n) is 2.34. The Balaban J connectivity index is 3.29. The molecule has 0 saturated carbocycles. The predicted octanol–water partition coefficient (Wildman–Crippen LogP) is 3.39. The number of alkyl halides is 1. The van der Waals surface area contributed by atoms with Crippen molar-refractivity contribution in [3.8, 4) is 0 Å². The van der Waals surface area contributed by atoms with Gasteiger partial charge in [0.05, 0.1) is 0 Å². The van der Waals surface area contributed by atoms with Crippen LogP contribution in [0.3, 0.4) is 0 Å². The van der Waals surface area contributed by atoms with Crippen LogP contribution in [0.15, 0.2) is 12.2 Å². The van der Waals surface area contributed by atoms with Crippen LogP contribution in [0.25, 0.3) is 0 Å². The minimum absolute atomic E-state index is 0.177. The normalized spacial score (nSPS) is 10.8. The first-order valence-corrected chi connectivity index (χ1v) is 6.31. The summed E-state index contributed by atoms with van der Waals surface area (Å²) < 4.78 is 0. The summed E-state index contributed by atoms with van der Waals surface area (Å²) in [6, 6.07) is 0. The van der Waals surface area contributed by atoms with Gasteiger partial charge in [-0.25, -0.2) is 0 Å². The first-order chi connectivity index (χ1) is 5.81. The number of carbonyl (C=O) groups excluding carboxylic acids is 1. The molecule has 0 unspecified atom stereocenters. The summed E-state index contributed by atoms with van der Waals surface area (Å²) in [5.41, 5.74) is 0. The maximum absolute atomic E-state index is 10.9. The lowest BCUT2D eigenvalue weighted by Gasteiger charge is -1.91. The molecule has 0 saturated heterocycles. The molecule has 0 aromatic carbocycles. The van der Waals surface area contributed by atoms with E-state index in [0.29, 0.717) is 0 Å². The third kappa shape index (κ3) is 8.34. The van der Waals surface area contributed by atoms with Crippen molar-refractivity contribution in [3.63, 3.8) is 0 Å². The Labute approximate surface area is 87.1 Å². The van der Waals surface area contributed by atoms with Gasteiger partial charge in [-0.2, -0.15) is 0 Å². The third-order valence-corrected chi connectivity index (χ3v) is 2.56. The fraction of sp³-hybridized carbons (Fsp3) is 0.667. The van der Waals surface area contributed by atoms with Gasteiger partial charge in [0.2, 0.25) is 5.12 Å². The average molecular weight is 251 g/mol. The van der Waals surface area contributed by atoms with Crippen molar-refractivity contribution in [1.29, 1.82) is 0 Å². The first-order valence-electron chi connectivity index (χ1n) is 4.20. The highest BCUT2D eigenvalue weighted by Gasteiger charge is 1.92. The molecule has 0 N–H and O–H groups in total. The van der Waals surface area contributed by atoms with Gasteiger partial charge in [-0.3, -0.25) is 4.79 Å². The van der Waals surface area contributed by atoms with Crippen molar-refractivity contribution in [3.05, 3.63) is 12.2 Å². The Hall–Kier alpha value is 0.240. The molecule has 0 aromatic heterocycles. The van der Waals surface area contributed by atoms with Crippen LogP contribution in [0.4, 0.5) is 0 Å². The van der Waals surface area contributed by atoms with E-state index in [4.69, 9.17) is 0 Å². The van der Waals surface area contributed by atoms with E-state index in [2.05, 4.69) is 15.9 Å². The molecule has 0 bridgehead atoms. The predicted molar refractivity (Wildman–Crippen MR) is 59.9 cm³/mol. The Morgan fingerprint density at radius 1 is 1.50 bits per heavy atom. The lowest BCUT2D eigenvalue weighted by atomic mass is 10.2. The number of allylic oxidation sites excluding steroid dienone is 1. The van der Waals surface area contributed by atoms with Crippen molar-refractivity contribution in [1.82, 2.24) is 0 Å². The number of thioether (sulfide) groups is 1. The number of rotatable bonds is 6. The van der Waals surface area contributed by atoms with E-state index in [1.807, 2.05) is 13.0 Å². The van der Waals surface area contributed by atoms with E-state index < -0.39 is 0 Å². The highest BCUT2D eigenvalue weighted by molar-refractivity contribution is 9.09. The summed E-state index contributed by atoms with van der Waals surface area (Å²) in [6.07, 6.45) is 7.00. The molecule has 3 heteroatoms. The van der Waals surface area contributed by atoms with Gasteiger partial charge in [-0.15, -0.1) is 0 Å². The summed E-state index contributed by atoms with van der Waals surface area (Å²) >= 11 is 4.72. The van der Waals surface area contributed by atoms with Crippen LogP contribution in [0, 0.1) is 0 Å². The quantitative estimate of drug-likeness (QED) is 0.409. The molecule has 0 fully saturated rings. The van der Waals surface area contributed by atoms with E-state index in [1.165, 1.54) is 18.2 Å². The molecular weight excluding hydrogens is 236 g/mol. The van der Waals surface area contributed by atoms with Gasteiger partial charge in [0.1, 0.15) is 0 Å². The molecule has 0 rings (SSSR count). The number of unbranched alkanes of at least 4 members (excludes halogenated alkanes) is 2. The Morgan fingerprint density at radius 3 is 2.83 bits per heavy atom. The number of halogens is 1. The van der Waals surface area contributed by atoms with Gasteiger partial charge >= 0.3 is 0 Å². The number of hydrogen-bond acceptors (Lipinski definition) is 2. The highest BCUT2D eigenvalue weighted by atomic mass is 79.9. The lowest BCUT2D eigenvalue weighted by molar-refractivity contribution is -0.107. The minimum Gasteiger partial charge on any atom is -0.282 e. The Bertz CT molecular complexity index is 145. The van der Waals surface area contributed by atoms with Crippen LogP contribution in [0.5, 0.6) is 0 Å². The molecule has 0 amide bonds. The van der Waals surface area contributed by atoms with Crippen molar-refractivity contribution < 1.29 is 4.79 Å². The van der Waals surface area contributed by atoms with Crippen molar-refractivity contribution >= 4 is 32.8 Å². The fourth-order valence-corrected chi connectivity index (χ4v) is 1.60. The molecule has 0 atom stereocenters. The zero-order chi connectivity index (χ0) is 9.23. The third-order valence-electron chi connectivity index (χ3n) is 1.29. The first kappa shape index (κ1) is 12.2. The van der Waals surface area contributed by atoms with Gasteiger partial charge in [-0.05, 0) is 31.1 Å². The molecule has 0 aliphatic rings. The number of carbonyl (C=O) groups is 1. The van der Waals surface area contributed by atoms with Crippen molar-refractivity contribution in [2.45, 2.75) is 26.2 Å². The summed E-state index contributed by atoms with van der Waals surface area (Å²) in [7, 11) is 0. The molecule has 0 radical (unpaired) electrons. The van der Waals surface area contributed by atoms with Gasteiger partial charge in [0.15, 0.2) is 0 Å². The lowest BCUT2D eigenvalue weighted by Crippen LogP contribution is -1.84. The van der Waals surface area contributed by atoms with Crippen LogP contribution in [-0.4, -0.2) is 16.2 Å². The molecular formula is C9H15BrOS. The van der Waals surface area contributed by atoms with Crippen molar-refractivity contribution in [2.75, 3.05) is 11.1 Å². The van der Waals surface area contributed by atoms with Crippen LogP contribution in [0.2, 0.25) is 0 Å². The second kappa shape index (κ2) is 9.33. The molecule has 12 heavy (non-hydrogen) atoms. The molecule has 0 aliphatic heterocycles. The van der Waals surface area contributed by atoms with E-state index >= 15 is 0 Å². The topological polar surface area (TPSA) is 17.1 Å². The van der Waals surface area contributed by atoms with Crippen LogP contribution < -0.4 is 0 Å². The van der Waals surface area contributed by atoms with E-state index in [-0.39, 0.29) is 5.12 Å². The summed E-state index contributed by atoms with van der Waals surface area (Å²) in [4.78, 5) is 10.9.